The van der Waals surface area contributed by atoms with Gasteiger partial charge in [-0.05, 0) is 43.1 Å². The molecule has 0 aliphatic carbocycles. The number of nitrogens with zero attached hydrogens (tertiary/aromatic N) is 2. The first-order chi connectivity index (χ1) is 14.7. The quantitative estimate of drug-likeness (QED) is 0.652. The molecule has 0 spiro atoms. The maximum Gasteiger partial charge on any atom is 0.246 e. The van der Waals surface area contributed by atoms with Gasteiger partial charge in [-0.25, -0.2) is 0 Å². The van der Waals surface area contributed by atoms with E-state index in [1.165, 1.54) is 0 Å². The van der Waals surface area contributed by atoms with Gasteiger partial charge in [0.2, 0.25) is 5.91 Å². The predicted molar refractivity (Wildman–Crippen MR) is 117 cm³/mol. The van der Waals surface area contributed by atoms with Gasteiger partial charge < -0.3 is 10.1 Å². The van der Waals surface area contributed by atoms with E-state index >= 15 is 0 Å². The number of para-hydroxylation sites is 1. The minimum Gasteiger partial charge on any atom is -0.489 e. The van der Waals surface area contributed by atoms with E-state index < -0.39 is 5.54 Å². The minimum absolute atomic E-state index is 0.0126. The summed E-state index contributed by atoms with van der Waals surface area (Å²) in [7, 11) is 1.69. The van der Waals surface area contributed by atoms with Crippen LogP contribution in [0.1, 0.15) is 29.7 Å². The summed E-state index contributed by atoms with van der Waals surface area (Å²) >= 11 is 0. The number of ether oxygens (including phenoxy) is 1. The van der Waals surface area contributed by atoms with E-state index in [0.29, 0.717) is 13.2 Å². The molecule has 3 aromatic rings. The second-order valence-corrected chi connectivity index (χ2v) is 7.56. The van der Waals surface area contributed by atoms with Gasteiger partial charge in [0.25, 0.3) is 0 Å². The fourth-order valence-corrected chi connectivity index (χ4v) is 4.28. The van der Waals surface area contributed by atoms with Gasteiger partial charge in [-0.2, -0.15) is 0 Å². The van der Waals surface area contributed by atoms with Crippen LogP contribution in [-0.4, -0.2) is 29.4 Å². The first-order valence-corrected chi connectivity index (χ1v) is 10.4. The Kier molecular flexibility index (Phi) is 6.10. The molecule has 154 valence electrons. The van der Waals surface area contributed by atoms with Crippen molar-refractivity contribution >= 4 is 5.91 Å². The van der Waals surface area contributed by atoms with Crippen molar-refractivity contribution in [1.29, 1.82) is 0 Å². The van der Waals surface area contributed by atoms with Crippen LogP contribution in [0.25, 0.3) is 0 Å². The van der Waals surface area contributed by atoms with E-state index in [2.05, 4.69) is 33.4 Å². The van der Waals surface area contributed by atoms with Gasteiger partial charge in [0.15, 0.2) is 0 Å². The normalized spacial score (nSPS) is 18.8. The monoisotopic (exact) mass is 401 g/mol. The molecule has 1 fully saturated rings. The number of likely N-dealkylation sites (tertiary alicyclic amines) is 1. The Bertz CT molecular complexity index is 978. The molecule has 5 heteroatoms. The zero-order chi connectivity index (χ0) is 20.8. The summed E-state index contributed by atoms with van der Waals surface area (Å²) in [6.07, 6.45) is 3.45. The second kappa shape index (κ2) is 9.09. The Hall–Kier alpha value is -3.18. The molecular weight excluding hydrogens is 374 g/mol. The largest absolute Gasteiger partial charge is 0.489 e. The fourth-order valence-electron chi connectivity index (χ4n) is 4.28. The van der Waals surface area contributed by atoms with Crippen LogP contribution in [-0.2, 0) is 23.5 Å². The maximum absolute atomic E-state index is 13.1. The SMILES string of the molecule is CNC(=O)[C@]1(c2ccccn2)CCCN1Cc1ccccc1OCc1ccccc1. The molecule has 2 aromatic carbocycles. The van der Waals surface area contributed by atoms with E-state index in [4.69, 9.17) is 4.74 Å². The molecule has 0 saturated carbocycles. The summed E-state index contributed by atoms with van der Waals surface area (Å²) in [5.41, 5.74) is 2.23. The van der Waals surface area contributed by atoms with Gasteiger partial charge in [0, 0.05) is 25.4 Å². The summed E-state index contributed by atoms with van der Waals surface area (Å²) in [5, 5.41) is 2.87. The van der Waals surface area contributed by atoms with Gasteiger partial charge in [-0.3, -0.25) is 14.7 Å². The van der Waals surface area contributed by atoms with Gasteiger partial charge in [-0.15, -0.1) is 0 Å². The Labute approximate surface area is 177 Å². The van der Waals surface area contributed by atoms with Crippen LogP contribution in [0, 0.1) is 0 Å². The molecular formula is C25H27N3O2. The molecule has 1 aliphatic rings. The lowest BCUT2D eigenvalue weighted by atomic mass is 9.89. The van der Waals surface area contributed by atoms with Crippen molar-refractivity contribution in [2.24, 2.45) is 0 Å². The highest BCUT2D eigenvalue weighted by Gasteiger charge is 2.49. The Balaban J connectivity index is 1.61. The Morgan fingerprint density at radius 3 is 2.60 bits per heavy atom. The van der Waals surface area contributed by atoms with Crippen molar-refractivity contribution in [2.75, 3.05) is 13.6 Å². The van der Waals surface area contributed by atoms with Crippen molar-refractivity contribution in [3.63, 3.8) is 0 Å². The summed E-state index contributed by atoms with van der Waals surface area (Å²) in [5.74, 6) is 0.835. The van der Waals surface area contributed by atoms with Crippen molar-refractivity contribution < 1.29 is 9.53 Å². The van der Waals surface area contributed by atoms with Crippen LogP contribution >= 0.6 is 0 Å². The van der Waals surface area contributed by atoms with E-state index in [9.17, 15) is 4.79 Å². The van der Waals surface area contributed by atoms with Crippen LogP contribution in [0.4, 0.5) is 0 Å². The number of amides is 1. The number of rotatable bonds is 7. The van der Waals surface area contributed by atoms with Crippen LogP contribution in [0.15, 0.2) is 79.0 Å². The number of benzene rings is 2. The number of hydrogen-bond donors (Lipinski definition) is 1. The summed E-state index contributed by atoms with van der Waals surface area (Å²) in [6.45, 7) is 1.96. The topological polar surface area (TPSA) is 54.5 Å². The molecule has 1 aromatic heterocycles. The summed E-state index contributed by atoms with van der Waals surface area (Å²) < 4.78 is 6.15. The van der Waals surface area contributed by atoms with E-state index in [-0.39, 0.29) is 5.91 Å². The summed E-state index contributed by atoms with van der Waals surface area (Å²) in [6, 6.07) is 24.0. The maximum atomic E-state index is 13.1. The highest BCUT2D eigenvalue weighted by Crippen LogP contribution is 2.40. The highest BCUT2D eigenvalue weighted by atomic mass is 16.5. The molecule has 4 rings (SSSR count). The molecule has 1 N–H and O–H groups in total. The van der Waals surface area contributed by atoms with Crippen molar-refractivity contribution in [3.05, 3.63) is 95.8 Å². The number of hydrogen-bond acceptors (Lipinski definition) is 4. The van der Waals surface area contributed by atoms with E-state index in [0.717, 1.165) is 42.0 Å². The third kappa shape index (κ3) is 3.94. The van der Waals surface area contributed by atoms with Gasteiger partial charge in [0.05, 0.1) is 5.69 Å². The molecule has 0 bridgehead atoms. The van der Waals surface area contributed by atoms with Crippen molar-refractivity contribution in [3.8, 4) is 5.75 Å². The minimum atomic E-state index is -0.761. The number of carbonyl (C=O) groups excluding carboxylic acids is 1. The molecule has 1 atom stereocenters. The molecule has 0 radical (unpaired) electrons. The van der Waals surface area contributed by atoms with E-state index in [1.807, 2.05) is 54.6 Å². The third-order valence-electron chi connectivity index (χ3n) is 5.77. The number of likely N-dealkylation sites (N-methyl/N-ethyl adjacent to an activating group) is 1. The highest BCUT2D eigenvalue weighted by molar-refractivity contribution is 5.87. The molecule has 30 heavy (non-hydrogen) atoms. The zero-order valence-corrected chi connectivity index (χ0v) is 17.3. The number of nitrogens with one attached hydrogen (secondary N) is 1. The average Bonchev–Trinajstić information content (AvgIpc) is 3.23. The smallest absolute Gasteiger partial charge is 0.246 e. The lowest BCUT2D eigenvalue weighted by Crippen LogP contribution is -2.52. The third-order valence-corrected chi connectivity index (χ3v) is 5.77. The standard InChI is InChI=1S/C25H27N3O2/c1-26-24(29)25(23-14-7-8-16-27-23)15-9-17-28(25)18-21-12-5-6-13-22(21)30-19-20-10-3-2-4-11-20/h2-8,10-14,16H,9,15,17-19H2,1H3,(H,26,29)/t25-/m1/s1. The van der Waals surface area contributed by atoms with Gasteiger partial charge in [-0.1, -0.05) is 54.6 Å². The van der Waals surface area contributed by atoms with Gasteiger partial charge in [0.1, 0.15) is 17.9 Å². The molecule has 5 nitrogen and oxygen atoms in total. The first-order valence-electron chi connectivity index (χ1n) is 10.4. The lowest BCUT2D eigenvalue weighted by molar-refractivity contribution is -0.132. The zero-order valence-electron chi connectivity index (χ0n) is 17.3. The van der Waals surface area contributed by atoms with Crippen LogP contribution < -0.4 is 10.1 Å². The van der Waals surface area contributed by atoms with E-state index in [1.54, 1.807) is 13.2 Å². The first kappa shape index (κ1) is 20.1. The molecule has 0 unspecified atom stereocenters. The number of carbonyl (C=O) groups is 1. The van der Waals surface area contributed by atoms with Crippen molar-refractivity contribution in [1.82, 2.24) is 15.2 Å². The molecule has 1 saturated heterocycles. The van der Waals surface area contributed by atoms with Crippen LogP contribution in [0.2, 0.25) is 0 Å². The Morgan fingerprint density at radius 1 is 1.07 bits per heavy atom. The van der Waals surface area contributed by atoms with Crippen LogP contribution in [0.3, 0.4) is 0 Å². The average molecular weight is 402 g/mol. The molecule has 1 aliphatic heterocycles. The number of pyridine rings is 1. The van der Waals surface area contributed by atoms with Crippen molar-refractivity contribution in [2.45, 2.75) is 31.5 Å². The predicted octanol–water partition coefficient (Wildman–Crippen LogP) is 3.90. The van der Waals surface area contributed by atoms with Crippen LogP contribution in [0.5, 0.6) is 5.75 Å². The number of aromatic nitrogens is 1. The summed E-state index contributed by atoms with van der Waals surface area (Å²) in [4.78, 5) is 19.9. The Morgan fingerprint density at radius 2 is 1.83 bits per heavy atom. The van der Waals surface area contributed by atoms with Gasteiger partial charge >= 0.3 is 0 Å². The second-order valence-electron chi connectivity index (χ2n) is 7.56. The molecule has 2 heterocycles. The molecule has 1 amide bonds. The lowest BCUT2D eigenvalue weighted by Gasteiger charge is -2.36. The fraction of sp³-hybridized carbons (Fsp3) is 0.280.